The Balaban J connectivity index is 0.00000533. The van der Waals surface area contributed by atoms with Crippen molar-refractivity contribution in [2.75, 3.05) is 33.3 Å². The highest BCUT2D eigenvalue weighted by Crippen LogP contribution is 2.26. The molecular weight excluding hydrogens is 516 g/mol. The summed E-state index contributed by atoms with van der Waals surface area (Å²) in [5, 5.41) is 11.5. The van der Waals surface area contributed by atoms with Crippen molar-refractivity contribution < 1.29 is 19.1 Å². The van der Waals surface area contributed by atoms with Gasteiger partial charge in [-0.2, -0.15) is 0 Å². The second-order valence-electron chi connectivity index (χ2n) is 11.2. The minimum absolute atomic E-state index is 0. The summed E-state index contributed by atoms with van der Waals surface area (Å²) >= 11 is 0. The number of likely N-dealkylation sites (tertiary alicyclic amines) is 1. The average Bonchev–Trinajstić information content (AvgIpc) is 3.38. The number of nitrogens with zero attached hydrogens (tertiary/aromatic N) is 1. The molecule has 1 unspecified atom stereocenters. The van der Waals surface area contributed by atoms with Crippen LogP contribution in [0.5, 0.6) is 0 Å². The van der Waals surface area contributed by atoms with Gasteiger partial charge in [0.05, 0.1) is 6.10 Å². The van der Waals surface area contributed by atoms with Crippen LogP contribution in [0, 0.1) is 5.41 Å². The molecule has 0 saturated carbocycles. The molecule has 9 heteroatoms. The van der Waals surface area contributed by atoms with Gasteiger partial charge in [0.15, 0.2) is 0 Å². The molecule has 0 bridgehead atoms. The molecule has 2 aromatic carbocycles. The smallest absolute Gasteiger partial charge is 0.243 e. The molecule has 3 rings (SSSR count). The highest BCUT2D eigenvalue weighted by Gasteiger charge is 2.39. The summed E-state index contributed by atoms with van der Waals surface area (Å²) in [4.78, 5) is 41.3. The minimum atomic E-state index is -0.739. The Kier molecular flexibility index (Phi) is 12.7. The molecule has 216 valence electrons. The lowest BCUT2D eigenvalue weighted by atomic mass is 9.94. The van der Waals surface area contributed by atoms with E-state index in [4.69, 9.17) is 4.74 Å². The summed E-state index contributed by atoms with van der Waals surface area (Å²) in [5.74, 6) is -0.527. The number of carbonyl (C=O) groups is 3. The van der Waals surface area contributed by atoms with Crippen molar-refractivity contribution in [3.8, 4) is 0 Å². The second kappa shape index (κ2) is 15.2. The number of hydrogen-bond acceptors (Lipinski definition) is 5. The summed E-state index contributed by atoms with van der Waals surface area (Å²) in [5.41, 5.74) is 0.397. The van der Waals surface area contributed by atoms with Gasteiger partial charge in [0.1, 0.15) is 12.1 Å². The molecular formula is C30H45ClN4O4. The van der Waals surface area contributed by atoms with Gasteiger partial charge in [0, 0.05) is 38.6 Å². The maximum absolute atomic E-state index is 13.4. The summed E-state index contributed by atoms with van der Waals surface area (Å²) in [7, 11) is 1.68. The number of nitrogens with one attached hydrogen (secondary N) is 3. The van der Waals surface area contributed by atoms with Crippen LogP contribution in [0.1, 0.15) is 52.5 Å². The van der Waals surface area contributed by atoms with Crippen molar-refractivity contribution in [1.82, 2.24) is 20.9 Å². The molecule has 2 aromatic rings. The fourth-order valence-corrected chi connectivity index (χ4v) is 4.73. The number of benzene rings is 2. The summed E-state index contributed by atoms with van der Waals surface area (Å²) < 4.78 is 5.23. The summed E-state index contributed by atoms with van der Waals surface area (Å²) in [6.45, 7) is 10.1. The summed E-state index contributed by atoms with van der Waals surface area (Å²) in [6.07, 6.45) is 2.63. The number of carbonyl (C=O) groups excluding carboxylic acids is 3. The van der Waals surface area contributed by atoms with Gasteiger partial charge in [-0.1, -0.05) is 63.2 Å². The van der Waals surface area contributed by atoms with E-state index < -0.39 is 17.5 Å². The van der Waals surface area contributed by atoms with Crippen LogP contribution in [0.2, 0.25) is 0 Å². The van der Waals surface area contributed by atoms with Crippen LogP contribution in [0.3, 0.4) is 0 Å². The molecule has 8 nitrogen and oxygen atoms in total. The van der Waals surface area contributed by atoms with Gasteiger partial charge in [-0.15, -0.1) is 12.4 Å². The average molecular weight is 561 g/mol. The molecule has 39 heavy (non-hydrogen) atoms. The van der Waals surface area contributed by atoms with Crippen LogP contribution in [-0.4, -0.2) is 74.1 Å². The Morgan fingerprint density at radius 2 is 1.79 bits per heavy atom. The maximum Gasteiger partial charge on any atom is 0.243 e. The van der Waals surface area contributed by atoms with E-state index in [1.165, 1.54) is 0 Å². The summed E-state index contributed by atoms with van der Waals surface area (Å²) in [6, 6.07) is 12.9. The van der Waals surface area contributed by atoms with Gasteiger partial charge in [-0.25, -0.2) is 0 Å². The number of amides is 3. The van der Waals surface area contributed by atoms with Gasteiger partial charge >= 0.3 is 0 Å². The van der Waals surface area contributed by atoms with E-state index in [9.17, 15) is 14.4 Å². The molecule has 0 radical (unpaired) electrons. The topological polar surface area (TPSA) is 99.8 Å². The molecule has 1 fully saturated rings. The maximum atomic E-state index is 13.4. The van der Waals surface area contributed by atoms with E-state index in [1.807, 2.05) is 64.1 Å². The Labute approximate surface area is 239 Å². The largest absolute Gasteiger partial charge is 0.380 e. The molecule has 1 aliphatic rings. The molecule has 0 spiro atoms. The van der Waals surface area contributed by atoms with E-state index in [2.05, 4.69) is 22.0 Å². The zero-order chi connectivity index (χ0) is 27.7. The Bertz CT molecular complexity index is 1100. The fourth-order valence-electron chi connectivity index (χ4n) is 4.73. The first-order valence-corrected chi connectivity index (χ1v) is 13.7. The first-order valence-electron chi connectivity index (χ1n) is 13.7. The Morgan fingerprint density at radius 3 is 2.49 bits per heavy atom. The van der Waals surface area contributed by atoms with Crippen LogP contribution in [0.4, 0.5) is 0 Å². The van der Waals surface area contributed by atoms with E-state index in [-0.39, 0.29) is 36.2 Å². The van der Waals surface area contributed by atoms with Crippen molar-refractivity contribution in [3.05, 3.63) is 48.0 Å². The number of methoxy groups -OCH3 is 1. The van der Waals surface area contributed by atoms with Gasteiger partial charge in [-0.05, 0) is 49.1 Å². The SMILES string of the molecule is CO[C@H](C)CNCCCNC(=O)[C@@H](Cc1ccc2ccccc2c1)NC(=O)C1CCCN1C(=O)C(C)(C)C.Cl. The lowest BCUT2D eigenvalue weighted by Gasteiger charge is -2.31. The van der Waals surface area contributed by atoms with Crippen LogP contribution in [0.15, 0.2) is 42.5 Å². The van der Waals surface area contributed by atoms with Crippen LogP contribution in [0.25, 0.3) is 10.8 Å². The second-order valence-corrected chi connectivity index (χ2v) is 11.2. The first kappa shape index (κ1) is 32.5. The highest BCUT2D eigenvalue weighted by atomic mass is 35.5. The van der Waals surface area contributed by atoms with E-state index in [0.29, 0.717) is 25.9 Å². The number of fused-ring (bicyclic) bond motifs is 1. The van der Waals surface area contributed by atoms with Crippen LogP contribution in [-0.2, 0) is 25.5 Å². The van der Waals surface area contributed by atoms with Crippen molar-refractivity contribution in [2.45, 2.75) is 71.6 Å². The van der Waals surface area contributed by atoms with E-state index >= 15 is 0 Å². The quantitative estimate of drug-likeness (QED) is 0.345. The van der Waals surface area contributed by atoms with Crippen LogP contribution < -0.4 is 16.0 Å². The lowest BCUT2D eigenvalue weighted by Crippen LogP contribution is -2.55. The number of halogens is 1. The standard InChI is InChI=1S/C30H44N4O4.ClH/c1-21(38-5)20-31-15-9-16-32-27(35)25(19-22-13-14-23-10-6-7-11-24(23)18-22)33-28(36)26-12-8-17-34(26)29(37)30(2,3)4;/h6-7,10-11,13-14,18,21,25-26,31H,8-9,12,15-17,19-20H2,1-5H3,(H,32,35)(H,33,36);1H/t21-,25-,26?;/m1./s1. The van der Waals surface area contributed by atoms with Crippen molar-refractivity contribution >= 4 is 40.9 Å². The Morgan fingerprint density at radius 1 is 1.08 bits per heavy atom. The monoisotopic (exact) mass is 560 g/mol. The van der Waals surface area contributed by atoms with Gasteiger partial charge in [-0.3, -0.25) is 14.4 Å². The van der Waals surface area contributed by atoms with Gasteiger partial charge in [0.25, 0.3) is 0 Å². The first-order chi connectivity index (χ1) is 18.1. The predicted octanol–water partition coefficient (Wildman–Crippen LogP) is 3.46. The molecule has 3 amide bonds. The molecule has 1 saturated heterocycles. The van der Waals surface area contributed by atoms with Crippen molar-refractivity contribution in [2.24, 2.45) is 5.41 Å². The molecule has 3 N–H and O–H groups in total. The molecule has 1 aliphatic heterocycles. The van der Waals surface area contributed by atoms with E-state index in [1.54, 1.807) is 12.0 Å². The van der Waals surface area contributed by atoms with Gasteiger partial charge in [0.2, 0.25) is 17.7 Å². The number of hydrogen-bond donors (Lipinski definition) is 3. The Hall–Kier alpha value is -2.68. The zero-order valence-corrected chi connectivity index (χ0v) is 24.7. The number of ether oxygens (including phenoxy) is 1. The third-order valence-corrected chi connectivity index (χ3v) is 7.01. The predicted molar refractivity (Wildman–Crippen MR) is 158 cm³/mol. The lowest BCUT2D eigenvalue weighted by molar-refractivity contribution is -0.145. The normalized spacial score (nSPS) is 16.8. The zero-order valence-electron chi connectivity index (χ0n) is 23.9. The van der Waals surface area contributed by atoms with Crippen molar-refractivity contribution in [3.63, 3.8) is 0 Å². The fraction of sp³-hybridized carbons (Fsp3) is 0.567. The minimum Gasteiger partial charge on any atom is -0.380 e. The van der Waals surface area contributed by atoms with Gasteiger partial charge < -0.3 is 25.6 Å². The van der Waals surface area contributed by atoms with E-state index in [0.717, 1.165) is 42.3 Å². The third-order valence-electron chi connectivity index (χ3n) is 7.01. The molecule has 0 aromatic heterocycles. The number of rotatable bonds is 12. The van der Waals surface area contributed by atoms with Crippen molar-refractivity contribution in [1.29, 1.82) is 0 Å². The highest BCUT2D eigenvalue weighted by molar-refractivity contribution is 5.93. The molecule has 1 heterocycles. The molecule has 0 aliphatic carbocycles. The third kappa shape index (κ3) is 9.48. The van der Waals surface area contributed by atoms with Crippen LogP contribution >= 0.6 is 12.4 Å². The molecule has 3 atom stereocenters.